The molecule has 1 amide bonds. The van der Waals surface area contributed by atoms with Crippen molar-refractivity contribution in [2.45, 2.75) is 39.5 Å². The van der Waals surface area contributed by atoms with Crippen molar-refractivity contribution in [1.82, 2.24) is 20.1 Å². The second-order valence-electron chi connectivity index (χ2n) is 8.59. The van der Waals surface area contributed by atoms with Crippen molar-refractivity contribution in [3.63, 3.8) is 0 Å². The first-order valence-corrected chi connectivity index (χ1v) is 10.9. The minimum atomic E-state index is -0.515. The molecule has 0 unspecified atom stereocenters. The van der Waals surface area contributed by atoms with Crippen LogP contribution in [-0.4, -0.2) is 26.0 Å². The number of halogens is 1. The predicted molar refractivity (Wildman–Crippen MR) is 126 cm³/mol. The Morgan fingerprint density at radius 3 is 2.71 bits per heavy atom. The van der Waals surface area contributed by atoms with Gasteiger partial charge in [-0.1, -0.05) is 10.7 Å². The van der Waals surface area contributed by atoms with Crippen molar-refractivity contribution in [3.8, 4) is 11.1 Å². The maximum absolute atomic E-state index is 15.0. The summed E-state index contributed by atoms with van der Waals surface area (Å²) in [6, 6.07) is 5.22. The van der Waals surface area contributed by atoms with Gasteiger partial charge >= 0.3 is 0 Å². The van der Waals surface area contributed by atoms with Crippen molar-refractivity contribution in [2.24, 2.45) is 0 Å². The lowest BCUT2D eigenvalue weighted by molar-refractivity contribution is -0.112. The van der Waals surface area contributed by atoms with Crippen LogP contribution in [0.25, 0.3) is 21.9 Å². The number of pyridine rings is 2. The normalized spacial score (nSPS) is 15.3. The number of nitrogen functional groups attached to an aromatic ring is 1. The molecule has 1 aromatic carbocycles. The number of amides is 1. The van der Waals surface area contributed by atoms with Gasteiger partial charge in [-0.25, -0.2) is 9.37 Å². The van der Waals surface area contributed by atoms with E-state index in [9.17, 15) is 4.79 Å². The molecular weight excluding hydrogens is 435 g/mol. The number of rotatable bonds is 4. The third-order valence-electron chi connectivity index (χ3n) is 6.33. The molecule has 34 heavy (non-hydrogen) atoms. The predicted octanol–water partition coefficient (Wildman–Crippen LogP) is 4.85. The number of anilines is 2. The molecule has 3 aromatic heterocycles. The molecule has 1 aliphatic rings. The summed E-state index contributed by atoms with van der Waals surface area (Å²) in [7, 11) is 0. The zero-order valence-electron chi connectivity index (χ0n) is 19.0. The maximum atomic E-state index is 15.0. The van der Waals surface area contributed by atoms with Crippen LogP contribution in [-0.2, 0) is 4.79 Å². The van der Waals surface area contributed by atoms with Crippen LogP contribution in [0, 0.1) is 19.7 Å². The molecular formula is C25H23FN6O2. The molecule has 0 aliphatic heterocycles. The summed E-state index contributed by atoms with van der Waals surface area (Å²) in [6.45, 7) is 5.43. The van der Waals surface area contributed by atoms with Crippen molar-refractivity contribution in [2.75, 3.05) is 11.1 Å². The number of nitrogens with two attached hydrogens (primary N) is 1. The minimum Gasteiger partial charge on any atom is -0.396 e. The van der Waals surface area contributed by atoms with E-state index in [1.165, 1.54) is 6.20 Å². The summed E-state index contributed by atoms with van der Waals surface area (Å²) < 4.78 is 20.1. The third kappa shape index (κ3) is 3.79. The fraction of sp³-hybridized carbons (Fsp3) is 0.240. The quantitative estimate of drug-likeness (QED) is 0.331. The van der Waals surface area contributed by atoms with Gasteiger partial charge in [0.2, 0.25) is 5.89 Å². The zero-order valence-corrected chi connectivity index (χ0v) is 19.0. The molecule has 0 spiro atoms. The highest BCUT2D eigenvalue weighted by Crippen LogP contribution is 2.41. The molecule has 0 bridgehead atoms. The van der Waals surface area contributed by atoms with Gasteiger partial charge in [0.15, 0.2) is 11.6 Å². The second-order valence-corrected chi connectivity index (χ2v) is 8.59. The molecule has 172 valence electrons. The topological polar surface area (TPSA) is 120 Å². The molecule has 0 saturated heterocycles. The van der Waals surface area contributed by atoms with Gasteiger partial charge in [-0.05, 0) is 55.8 Å². The molecule has 0 atom stereocenters. The van der Waals surface area contributed by atoms with E-state index < -0.39 is 5.82 Å². The van der Waals surface area contributed by atoms with Crippen molar-refractivity contribution in [3.05, 3.63) is 71.0 Å². The number of aromatic nitrogens is 4. The van der Waals surface area contributed by atoms with E-state index in [1.54, 1.807) is 38.4 Å². The van der Waals surface area contributed by atoms with Gasteiger partial charge in [0.05, 0.1) is 5.69 Å². The molecule has 5 rings (SSSR count). The highest BCUT2D eigenvalue weighted by molar-refractivity contribution is 6.05. The van der Waals surface area contributed by atoms with Crippen LogP contribution in [0.1, 0.15) is 43.0 Å². The summed E-state index contributed by atoms with van der Waals surface area (Å²) >= 11 is 0. The van der Waals surface area contributed by atoms with E-state index in [1.807, 2.05) is 13.0 Å². The lowest BCUT2D eigenvalue weighted by atomic mass is 9.77. The Balaban J connectivity index is 1.39. The number of fused-ring (bicyclic) bond motifs is 1. The molecule has 1 fully saturated rings. The standard InChI is InChI=1S/C25H23FN6O2/c1-12-4-5-28-10-19(12)18-8-16-9-21(29-11-20(16)23(27)22(18)26)31-25(33)13(2)15-6-17(7-15)24-30-14(3)34-32-24/h4-5,8-11,17H,6-7,27H2,1-3H3,(H,29,31,33). The molecule has 3 heterocycles. The van der Waals surface area contributed by atoms with Crippen LogP contribution in [0.2, 0.25) is 0 Å². The number of nitrogens with zero attached hydrogens (tertiary/aromatic N) is 4. The number of nitrogens with one attached hydrogen (secondary N) is 1. The zero-order chi connectivity index (χ0) is 24.0. The highest BCUT2D eigenvalue weighted by atomic mass is 19.1. The molecule has 1 aliphatic carbocycles. The number of carbonyl (C=O) groups excluding carboxylic acids is 1. The Kier molecular flexibility index (Phi) is 5.31. The molecule has 0 radical (unpaired) electrons. The van der Waals surface area contributed by atoms with Crippen molar-refractivity contribution in [1.29, 1.82) is 0 Å². The number of hydrogen-bond acceptors (Lipinski definition) is 7. The number of allylic oxidation sites excluding steroid dienone is 1. The van der Waals surface area contributed by atoms with E-state index in [-0.39, 0.29) is 17.5 Å². The van der Waals surface area contributed by atoms with Crippen molar-refractivity contribution >= 4 is 28.2 Å². The Hall–Kier alpha value is -4.14. The first-order chi connectivity index (χ1) is 16.3. The number of benzene rings is 1. The van der Waals surface area contributed by atoms with E-state index in [2.05, 4.69) is 25.4 Å². The van der Waals surface area contributed by atoms with Gasteiger partial charge in [0.25, 0.3) is 5.91 Å². The van der Waals surface area contributed by atoms with E-state index in [0.717, 1.165) is 11.1 Å². The van der Waals surface area contributed by atoms with E-state index in [4.69, 9.17) is 10.3 Å². The van der Waals surface area contributed by atoms with E-state index >= 15 is 4.39 Å². The smallest absolute Gasteiger partial charge is 0.252 e. The summed E-state index contributed by atoms with van der Waals surface area (Å²) in [4.78, 5) is 25.5. The van der Waals surface area contributed by atoms with Gasteiger partial charge in [0.1, 0.15) is 5.82 Å². The molecule has 8 nitrogen and oxygen atoms in total. The van der Waals surface area contributed by atoms with Gasteiger partial charge in [0, 0.05) is 53.5 Å². The lowest BCUT2D eigenvalue weighted by Gasteiger charge is -2.28. The average Bonchev–Trinajstić information content (AvgIpc) is 3.21. The Labute approximate surface area is 195 Å². The van der Waals surface area contributed by atoms with Crippen LogP contribution in [0.5, 0.6) is 0 Å². The van der Waals surface area contributed by atoms with Gasteiger partial charge in [-0.15, -0.1) is 0 Å². The second kappa shape index (κ2) is 8.33. The average molecular weight is 458 g/mol. The fourth-order valence-corrected chi connectivity index (χ4v) is 4.18. The van der Waals surface area contributed by atoms with Crippen LogP contribution in [0.15, 0.2) is 52.5 Å². The largest absolute Gasteiger partial charge is 0.396 e. The van der Waals surface area contributed by atoms with Crippen molar-refractivity contribution < 1.29 is 13.7 Å². The monoisotopic (exact) mass is 458 g/mol. The summed E-state index contributed by atoms with van der Waals surface area (Å²) in [5.74, 6) is 0.993. The van der Waals surface area contributed by atoms with Crippen LogP contribution >= 0.6 is 0 Å². The van der Waals surface area contributed by atoms with Gasteiger partial charge < -0.3 is 15.6 Å². The minimum absolute atomic E-state index is 0.0108. The van der Waals surface area contributed by atoms with Crippen LogP contribution in [0.4, 0.5) is 15.9 Å². The Morgan fingerprint density at radius 2 is 2.00 bits per heavy atom. The fourth-order valence-electron chi connectivity index (χ4n) is 4.18. The first-order valence-electron chi connectivity index (χ1n) is 10.9. The Bertz CT molecular complexity index is 1470. The first kappa shape index (κ1) is 21.7. The summed E-state index contributed by atoms with van der Waals surface area (Å²) in [5, 5.41) is 7.95. The number of hydrogen-bond donors (Lipinski definition) is 2. The molecule has 4 aromatic rings. The maximum Gasteiger partial charge on any atom is 0.252 e. The van der Waals surface area contributed by atoms with E-state index in [0.29, 0.717) is 57.8 Å². The number of aryl methyl sites for hydroxylation is 2. The highest BCUT2D eigenvalue weighted by Gasteiger charge is 2.31. The number of carbonyl (C=O) groups is 1. The van der Waals surface area contributed by atoms with Gasteiger partial charge in [-0.3, -0.25) is 9.78 Å². The summed E-state index contributed by atoms with van der Waals surface area (Å²) in [5.41, 5.74) is 9.69. The molecule has 1 saturated carbocycles. The van der Waals surface area contributed by atoms with Crippen LogP contribution in [0.3, 0.4) is 0 Å². The third-order valence-corrected chi connectivity index (χ3v) is 6.33. The molecule has 3 N–H and O–H groups in total. The molecule has 9 heteroatoms. The summed E-state index contributed by atoms with van der Waals surface area (Å²) in [6.07, 6.45) is 6.17. The lowest BCUT2D eigenvalue weighted by Crippen LogP contribution is -2.21. The Morgan fingerprint density at radius 1 is 1.21 bits per heavy atom. The van der Waals surface area contributed by atoms with Crippen LogP contribution < -0.4 is 11.1 Å². The van der Waals surface area contributed by atoms with Gasteiger partial charge in [-0.2, -0.15) is 4.98 Å². The SMILES string of the molecule is CC(C(=O)Nc1cc2cc(-c3cnccc3C)c(F)c(N)c2cn1)=C1CC(c2noc(C)n2)C1.